The van der Waals surface area contributed by atoms with Gasteiger partial charge in [-0.2, -0.15) is 0 Å². The summed E-state index contributed by atoms with van der Waals surface area (Å²) in [5, 5.41) is 5.71. The van der Waals surface area contributed by atoms with Crippen LogP contribution in [0.5, 0.6) is 5.75 Å². The van der Waals surface area contributed by atoms with Gasteiger partial charge in [-0.05, 0) is 55.7 Å². The Balaban J connectivity index is 1.68. The zero-order valence-corrected chi connectivity index (χ0v) is 15.6. The second kappa shape index (κ2) is 8.68. The highest BCUT2D eigenvalue weighted by Gasteiger charge is 2.17. The fourth-order valence-corrected chi connectivity index (χ4v) is 3.03. The van der Waals surface area contributed by atoms with Crippen LogP contribution in [0, 0.1) is 6.92 Å². The second-order valence-corrected chi connectivity index (χ2v) is 6.58. The van der Waals surface area contributed by atoms with E-state index in [1.54, 1.807) is 37.4 Å². The van der Waals surface area contributed by atoms with Crippen molar-refractivity contribution in [3.8, 4) is 5.75 Å². The number of hydrogen-bond donors (Lipinski definition) is 2. The molecule has 0 aliphatic carbocycles. The van der Waals surface area contributed by atoms with Crippen LogP contribution in [0.2, 0.25) is 0 Å². The van der Waals surface area contributed by atoms with Crippen molar-refractivity contribution >= 4 is 17.5 Å². The normalized spacial score (nSPS) is 16.0. The lowest BCUT2D eigenvalue weighted by molar-refractivity contribution is 0.0858. The van der Waals surface area contributed by atoms with Crippen LogP contribution < -0.4 is 15.4 Å². The molecule has 1 aliphatic heterocycles. The molecule has 1 saturated heterocycles. The van der Waals surface area contributed by atoms with Crippen molar-refractivity contribution < 1.29 is 19.1 Å². The summed E-state index contributed by atoms with van der Waals surface area (Å²) in [5.41, 5.74) is 2.45. The van der Waals surface area contributed by atoms with Crippen molar-refractivity contribution in [3.63, 3.8) is 0 Å². The predicted molar refractivity (Wildman–Crippen MR) is 103 cm³/mol. The molecule has 142 valence electrons. The van der Waals surface area contributed by atoms with E-state index < -0.39 is 0 Å². The van der Waals surface area contributed by atoms with Crippen molar-refractivity contribution in [1.82, 2.24) is 5.32 Å². The largest absolute Gasteiger partial charge is 0.495 e. The minimum Gasteiger partial charge on any atom is -0.495 e. The van der Waals surface area contributed by atoms with Gasteiger partial charge in [0.25, 0.3) is 11.8 Å². The summed E-state index contributed by atoms with van der Waals surface area (Å²) in [4.78, 5) is 25.0. The molecule has 1 fully saturated rings. The van der Waals surface area contributed by atoms with E-state index in [1.807, 2.05) is 19.1 Å². The van der Waals surface area contributed by atoms with Gasteiger partial charge < -0.3 is 20.1 Å². The molecule has 6 nitrogen and oxygen atoms in total. The Hall–Kier alpha value is -2.86. The van der Waals surface area contributed by atoms with Crippen LogP contribution in [0.1, 0.15) is 39.1 Å². The lowest BCUT2D eigenvalue weighted by Crippen LogP contribution is -2.31. The number of benzene rings is 2. The predicted octanol–water partition coefficient (Wildman–Crippen LogP) is 3.16. The number of carbonyl (C=O) groups is 2. The molecule has 6 heteroatoms. The molecule has 3 rings (SSSR count). The highest BCUT2D eigenvalue weighted by molar-refractivity contribution is 6.06. The van der Waals surface area contributed by atoms with E-state index in [2.05, 4.69) is 10.6 Å². The summed E-state index contributed by atoms with van der Waals surface area (Å²) in [7, 11) is 1.55. The quantitative estimate of drug-likeness (QED) is 0.821. The van der Waals surface area contributed by atoms with Gasteiger partial charge in [-0.3, -0.25) is 9.59 Å². The molecule has 0 bridgehead atoms. The van der Waals surface area contributed by atoms with Gasteiger partial charge in [-0.15, -0.1) is 0 Å². The Labute approximate surface area is 158 Å². The van der Waals surface area contributed by atoms with Crippen LogP contribution >= 0.6 is 0 Å². The Morgan fingerprint density at radius 2 is 1.93 bits per heavy atom. The van der Waals surface area contributed by atoms with E-state index in [4.69, 9.17) is 9.47 Å². The molecule has 2 aromatic rings. The van der Waals surface area contributed by atoms with E-state index >= 15 is 0 Å². The highest BCUT2D eigenvalue weighted by Crippen LogP contribution is 2.25. The monoisotopic (exact) mass is 368 g/mol. The van der Waals surface area contributed by atoms with Crippen molar-refractivity contribution in [1.29, 1.82) is 0 Å². The van der Waals surface area contributed by atoms with Crippen LogP contribution in [0.4, 0.5) is 5.69 Å². The van der Waals surface area contributed by atoms with Crippen molar-refractivity contribution in [2.45, 2.75) is 25.9 Å². The Morgan fingerprint density at radius 1 is 1.15 bits per heavy atom. The van der Waals surface area contributed by atoms with Crippen LogP contribution in [0.15, 0.2) is 42.5 Å². The van der Waals surface area contributed by atoms with Gasteiger partial charge in [0.1, 0.15) is 5.75 Å². The Kier molecular flexibility index (Phi) is 6.08. The summed E-state index contributed by atoms with van der Waals surface area (Å²) in [6.07, 6.45) is 2.06. The van der Waals surface area contributed by atoms with Gasteiger partial charge in [-0.1, -0.05) is 12.1 Å². The van der Waals surface area contributed by atoms with Gasteiger partial charge in [0.05, 0.1) is 18.9 Å². The van der Waals surface area contributed by atoms with Gasteiger partial charge in [0.2, 0.25) is 0 Å². The lowest BCUT2D eigenvalue weighted by Gasteiger charge is -2.12. The molecule has 0 saturated carbocycles. The van der Waals surface area contributed by atoms with Crippen molar-refractivity contribution in [3.05, 3.63) is 59.2 Å². The molecule has 1 atom stereocenters. The van der Waals surface area contributed by atoms with E-state index in [1.165, 1.54) is 0 Å². The first kappa shape index (κ1) is 18.9. The number of methoxy groups -OCH3 is 1. The van der Waals surface area contributed by atoms with Gasteiger partial charge in [0, 0.05) is 24.3 Å². The summed E-state index contributed by atoms with van der Waals surface area (Å²) >= 11 is 0. The molecule has 1 unspecified atom stereocenters. The van der Waals surface area contributed by atoms with Crippen LogP contribution in [-0.4, -0.2) is 38.2 Å². The summed E-state index contributed by atoms with van der Waals surface area (Å²) < 4.78 is 10.8. The molecule has 27 heavy (non-hydrogen) atoms. The average molecular weight is 368 g/mol. The van der Waals surface area contributed by atoms with Gasteiger partial charge >= 0.3 is 0 Å². The first-order chi connectivity index (χ1) is 13.1. The molecule has 2 amide bonds. The third-order valence-corrected chi connectivity index (χ3v) is 4.50. The van der Waals surface area contributed by atoms with Crippen LogP contribution in [0.25, 0.3) is 0 Å². The Morgan fingerprint density at radius 3 is 2.63 bits per heavy atom. The highest BCUT2D eigenvalue weighted by atomic mass is 16.5. The number of nitrogens with one attached hydrogen (secondary N) is 2. The average Bonchev–Trinajstić information content (AvgIpc) is 3.20. The minimum absolute atomic E-state index is 0.0780. The third kappa shape index (κ3) is 4.86. The lowest BCUT2D eigenvalue weighted by atomic mass is 10.1. The standard InChI is InChI=1S/C21H24N2O4/c1-14-8-9-19(26-2)18(11-14)23-21(25)16-6-3-5-15(12-16)20(24)22-13-17-7-4-10-27-17/h3,5-6,8-9,11-12,17H,4,7,10,13H2,1-2H3,(H,22,24)(H,23,25). The maximum atomic E-state index is 12.6. The fourth-order valence-electron chi connectivity index (χ4n) is 3.03. The maximum Gasteiger partial charge on any atom is 0.255 e. The molecular weight excluding hydrogens is 344 g/mol. The third-order valence-electron chi connectivity index (χ3n) is 4.50. The maximum absolute atomic E-state index is 12.6. The SMILES string of the molecule is COc1ccc(C)cc1NC(=O)c1cccc(C(=O)NCC2CCCO2)c1. The number of carbonyl (C=O) groups excluding carboxylic acids is 2. The van der Waals surface area contributed by atoms with Gasteiger partial charge in [-0.25, -0.2) is 0 Å². The molecule has 1 aliphatic rings. The second-order valence-electron chi connectivity index (χ2n) is 6.58. The molecule has 1 heterocycles. The smallest absolute Gasteiger partial charge is 0.255 e. The summed E-state index contributed by atoms with van der Waals surface area (Å²) in [6, 6.07) is 12.2. The number of hydrogen-bond acceptors (Lipinski definition) is 4. The first-order valence-corrected chi connectivity index (χ1v) is 9.02. The number of rotatable bonds is 6. The molecule has 0 aromatic heterocycles. The zero-order chi connectivity index (χ0) is 19.2. The zero-order valence-electron chi connectivity index (χ0n) is 15.6. The van der Waals surface area contributed by atoms with Crippen molar-refractivity contribution in [2.75, 3.05) is 25.6 Å². The van der Waals surface area contributed by atoms with Crippen LogP contribution in [0.3, 0.4) is 0 Å². The van der Waals surface area contributed by atoms with Crippen molar-refractivity contribution in [2.24, 2.45) is 0 Å². The van der Waals surface area contributed by atoms with E-state index in [0.29, 0.717) is 29.1 Å². The molecule has 0 spiro atoms. The minimum atomic E-state index is -0.298. The number of amides is 2. The van der Waals surface area contributed by atoms with E-state index in [9.17, 15) is 9.59 Å². The molecule has 2 N–H and O–H groups in total. The van der Waals surface area contributed by atoms with E-state index in [0.717, 1.165) is 25.0 Å². The molecular formula is C21H24N2O4. The summed E-state index contributed by atoms with van der Waals surface area (Å²) in [5.74, 6) is 0.0698. The topological polar surface area (TPSA) is 76.7 Å². The fraction of sp³-hybridized carbons (Fsp3) is 0.333. The Bertz CT molecular complexity index is 829. The summed E-state index contributed by atoms with van der Waals surface area (Å²) in [6.45, 7) is 3.17. The number of anilines is 1. The number of ether oxygens (including phenoxy) is 2. The molecule has 2 aromatic carbocycles. The van der Waals surface area contributed by atoms with Crippen LogP contribution in [-0.2, 0) is 4.74 Å². The van der Waals surface area contributed by atoms with Gasteiger partial charge in [0.15, 0.2) is 0 Å². The van der Waals surface area contributed by atoms with E-state index in [-0.39, 0.29) is 17.9 Å². The number of aryl methyl sites for hydroxylation is 1. The molecule has 0 radical (unpaired) electrons. The first-order valence-electron chi connectivity index (χ1n) is 9.02.